The largest absolute Gasteiger partial charge is 0.374 e. The molecule has 1 aromatic rings. The molecule has 1 rings (SSSR count). The van der Waals surface area contributed by atoms with E-state index in [0.29, 0.717) is 6.42 Å². The monoisotopic (exact) mass is 249 g/mol. The lowest BCUT2D eigenvalue weighted by molar-refractivity contribution is -0.118. The van der Waals surface area contributed by atoms with E-state index >= 15 is 0 Å². The van der Waals surface area contributed by atoms with Crippen LogP contribution in [0.4, 0.5) is 0 Å². The summed E-state index contributed by atoms with van der Waals surface area (Å²) in [6.45, 7) is 5.58. The molecule has 0 heterocycles. The Kier molecular flexibility index (Phi) is 4.82. The first-order valence-corrected chi connectivity index (χ1v) is 6.14. The van der Waals surface area contributed by atoms with Crippen molar-refractivity contribution in [1.82, 2.24) is 5.32 Å². The highest BCUT2D eigenvalue weighted by atomic mass is 32.1. The Morgan fingerprint density at radius 2 is 1.88 bits per heavy atom. The highest BCUT2D eigenvalue weighted by Gasteiger charge is 2.20. The number of carbonyl (C=O) groups excluding carboxylic acids is 1. The summed E-state index contributed by atoms with van der Waals surface area (Å²) in [6, 6.07) is 10.1. The number of rotatable bonds is 5. The molecular weight excluding hydrogens is 230 g/mol. The average Bonchev–Trinajstić information content (AvgIpc) is 2.15. The third-order valence-corrected chi connectivity index (χ3v) is 2.62. The van der Waals surface area contributed by atoms with Gasteiger partial charge in [-0.3, -0.25) is 4.79 Å². The van der Waals surface area contributed by atoms with Gasteiger partial charge in [-0.2, -0.15) is 0 Å². The summed E-state index contributed by atoms with van der Waals surface area (Å²) in [5, 5.41) is 3.25. The molecule has 0 aliphatic heterocycles. The molecule has 1 N–H and O–H groups in total. The summed E-state index contributed by atoms with van der Waals surface area (Å²) in [5.74, 6) is 0.171. The standard InChI is InChI=1S/C14H19NOS/c1-11(16)10-14(2,3)15-13(17)9-12-7-5-4-6-8-12/h4-8H,9-10H2,1-3H3,(H,15,17). The van der Waals surface area contributed by atoms with E-state index in [4.69, 9.17) is 12.2 Å². The van der Waals surface area contributed by atoms with Crippen molar-refractivity contribution in [3.05, 3.63) is 35.9 Å². The highest BCUT2D eigenvalue weighted by Crippen LogP contribution is 2.10. The second-order valence-electron chi connectivity index (χ2n) is 4.97. The van der Waals surface area contributed by atoms with E-state index in [9.17, 15) is 4.79 Å². The lowest BCUT2D eigenvalue weighted by Gasteiger charge is -2.26. The number of nitrogens with one attached hydrogen (secondary N) is 1. The maximum absolute atomic E-state index is 11.1. The van der Waals surface area contributed by atoms with Crippen molar-refractivity contribution in [3.63, 3.8) is 0 Å². The Bertz CT molecular complexity index is 398. The zero-order chi connectivity index (χ0) is 12.9. The molecule has 0 aliphatic rings. The van der Waals surface area contributed by atoms with E-state index in [0.717, 1.165) is 11.4 Å². The molecule has 92 valence electrons. The van der Waals surface area contributed by atoms with Gasteiger partial charge >= 0.3 is 0 Å². The van der Waals surface area contributed by atoms with Crippen molar-refractivity contribution in [2.75, 3.05) is 0 Å². The van der Waals surface area contributed by atoms with Crippen molar-refractivity contribution < 1.29 is 4.79 Å². The van der Waals surface area contributed by atoms with Crippen LogP contribution in [0.25, 0.3) is 0 Å². The Labute approximate surface area is 108 Å². The minimum Gasteiger partial charge on any atom is -0.374 e. The molecule has 0 aromatic heterocycles. The van der Waals surface area contributed by atoms with Gasteiger partial charge in [0.15, 0.2) is 0 Å². The van der Waals surface area contributed by atoms with Gasteiger partial charge in [0, 0.05) is 18.4 Å². The van der Waals surface area contributed by atoms with Crippen LogP contribution in [0.1, 0.15) is 32.8 Å². The average molecular weight is 249 g/mol. The van der Waals surface area contributed by atoms with Gasteiger partial charge in [-0.05, 0) is 26.3 Å². The lowest BCUT2D eigenvalue weighted by Crippen LogP contribution is -2.44. The zero-order valence-electron chi connectivity index (χ0n) is 10.6. The maximum Gasteiger partial charge on any atom is 0.132 e. The fourth-order valence-corrected chi connectivity index (χ4v) is 2.31. The van der Waals surface area contributed by atoms with Crippen molar-refractivity contribution in [1.29, 1.82) is 0 Å². The van der Waals surface area contributed by atoms with Crippen LogP contribution >= 0.6 is 12.2 Å². The van der Waals surface area contributed by atoms with Crippen LogP contribution in [-0.2, 0) is 11.2 Å². The van der Waals surface area contributed by atoms with E-state index in [-0.39, 0.29) is 11.3 Å². The number of thiocarbonyl (C=S) groups is 1. The predicted molar refractivity (Wildman–Crippen MR) is 75.3 cm³/mol. The number of hydrogen-bond acceptors (Lipinski definition) is 2. The van der Waals surface area contributed by atoms with Crippen LogP contribution < -0.4 is 5.32 Å². The van der Waals surface area contributed by atoms with E-state index in [1.165, 1.54) is 5.56 Å². The topological polar surface area (TPSA) is 29.1 Å². The van der Waals surface area contributed by atoms with Crippen molar-refractivity contribution in [2.24, 2.45) is 0 Å². The van der Waals surface area contributed by atoms with Gasteiger partial charge in [0.05, 0.1) is 4.99 Å². The molecule has 0 unspecified atom stereocenters. The third-order valence-electron chi connectivity index (χ3n) is 2.38. The van der Waals surface area contributed by atoms with Gasteiger partial charge in [-0.15, -0.1) is 0 Å². The fourth-order valence-electron chi connectivity index (χ4n) is 1.87. The molecule has 0 spiro atoms. The van der Waals surface area contributed by atoms with E-state index in [1.54, 1.807) is 6.92 Å². The van der Waals surface area contributed by atoms with Crippen LogP contribution in [-0.4, -0.2) is 16.3 Å². The number of benzene rings is 1. The van der Waals surface area contributed by atoms with Crippen LogP contribution in [0.15, 0.2) is 30.3 Å². The summed E-state index contributed by atoms with van der Waals surface area (Å²) in [5.41, 5.74) is 0.918. The number of carbonyl (C=O) groups is 1. The Morgan fingerprint density at radius 1 is 1.29 bits per heavy atom. The van der Waals surface area contributed by atoms with E-state index < -0.39 is 0 Å². The molecule has 0 aliphatic carbocycles. The number of hydrogen-bond donors (Lipinski definition) is 1. The molecule has 0 fully saturated rings. The molecule has 1 aromatic carbocycles. The Balaban J connectivity index is 2.52. The first kappa shape index (κ1) is 13.8. The lowest BCUT2D eigenvalue weighted by atomic mass is 9.98. The molecule has 17 heavy (non-hydrogen) atoms. The maximum atomic E-state index is 11.1. The van der Waals surface area contributed by atoms with Gasteiger partial charge in [0.25, 0.3) is 0 Å². The summed E-state index contributed by atoms with van der Waals surface area (Å²) < 4.78 is 0. The van der Waals surface area contributed by atoms with E-state index in [1.807, 2.05) is 44.2 Å². The first-order valence-electron chi connectivity index (χ1n) is 5.73. The minimum atomic E-state index is -0.266. The second kappa shape index (κ2) is 5.92. The van der Waals surface area contributed by atoms with Gasteiger partial charge in [0.1, 0.15) is 5.78 Å². The molecule has 0 radical (unpaired) electrons. The summed E-state index contributed by atoms with van der Waals surface area (Å²) >= 11 is 5.31. The van der Waals surface area contributed by atoms with Gasteiger partial charge in [0.2, 0.25) is 0 Å². The van der Waals surface area contributed by atoms with Gasteiger partial charge in [-0.25, -0.2) is 0 Å². The molecule has 0 saturated heterocycles. The second-order valence-corrected chi connectivity index (χ2v) is 5.47. The predicted octanol–water partition coefficient (Wildman–Crippen LogP) is 2.90. The third kappa shape index (κ3) is 5.59. The highest BCUT2D eigenvalue weighted by molar-refractivity contribution is 7.80. The fraction of sp³-hybridized carbons (Fsp3) is 0.429. The molecule has 0 saturated carbocycles. The minimum absolute atomic E-state index is 0.171. The van der Waals surface area contributed by atoms with Gasteiger partial charge in [-0.1, -0.05) is 42.5 Å². The molecular formula is C14H19NOS. The van der Waals surface area contributed by atoms with Gasteiger partial charge < -0.3 is 5.32 Å². The Hall–Kier alpha value is -1.22. The van der Waals surface area contributed by atoms with E-state index in [2.05, 4.69) is 5.32 Å². The number of ketones is 1. The normalized spacial score (nSPS) is 11.0. The molecule has 0 amide bonds. The summed E-state index contributed by atoms with van der Waals surface area (Å²) in [4.78, 5) is 11.9. The summed E-state index contributed by atoms with van der Waals surface area (Å²) in [7, 11) is 0. The summed E-state index contributed by atoms with van der Waals surface area (Å²) in [6.07, 6.45) is 1.21. The zero-order valence-corrected chi connectivity index (χ0v) is 11.4. The number of Topliss-reactive ketones (excluding diaryl/α,β-unsaturated/α-hetero) is 1. The van der Waals surface area contributed by atoms with Crippen molar-refractivity contribution >= 4 is 23.0 Å². The van der Waals surface area contributed by atoms with Crippen LogP contribution in [0.2, 0.25) is 0 Å². The van der Waals surface area contributed by atoms with Crippen molar-refractivity contribution in [3.8, 4) is 0 Å². The van der Waals surface area contributed by atoms with Crippen molar-refractivity contribution in [2.45, 2.75) is 39.2 Å². The molecule has 0 atom stereocenters. The smallest absolute Gasteiger partial charge is 0.132 e. The molecule has 3 heteroatoms. The van der Waals surface area contributed by atoms with Crippen LogP contribution in [0, 0.1) is 0 Å². The Morgan fingerprint density at radius 3 is 2.41 bits per heavy atom. The first-order chi connectivity index (χ1) is 7.89. The quantitative estimate of drug-likeness (QED) is 0.814. The van der Waals surface area contributed by atoms with Crippen LogP contribution in [0.5, 0.6) is 0 Å². The van der Waals surface area contributed by atoms with Crippen LogP contribution in [0.3, 0.4) is 0 Å². The molecule has 2 nitrogen and oxygen atoms in total. The SMILES string of the molecule is CC(=O)CC(C)(C)NC(=S)Cc1ccccc1. The molecule has 0 bridgehead atoms.